The SMILES string of the molecule is CCOC(=O)c1ccc(NC(=O)COC(=O)[C@@H]2[C@@H]3C[C@H]4[C@@H]2C(=O)O[C@@H]4C3)cc1. The fourth-order valence-electron chi connectivity index (χ4n) is 4.66. The van der Waals surface area contributed by atoms with Crippen molar-refractivity contribution in [1.82, 2.24) is 0 Å². The van der Waals surface area contributed by atoms with Crippen LogP contribution in [0.3, 0.4) is 0 Å². The molecule has 1 aromatic rings. The maximum atomic E-state index is 12.4. The number of carbonyl (C=O) groups is 4. The molecule has 5 atom stereocenters. The summed E-state index contributed by atoms with van der Waals surface area (Å²) in [5.74, 6) is -2.48. The van der Waals surface area contributed by atoms with E-state index in [2.05, 4.69) is 5.32 Å². The number of ether oxygens (including phenoxy) is 3. The molecule has 148 valence electrons. The minimum absolute atomic E-state index is 0.0487. The minimum atomic E-state index is -0.511. The van der Waals surface area contributed by atoms with Crippen LogP contribution in [0.1, 0.15) is 30.1 Å². The Balaban J connectivity index is 1.28. The largest absolute Gasteiger partial charge is 0.462 e. The molecule has 1 N–H and O–H groups in total. The van der Waals surface area contributed by atoms with Crippen molar-refractivity contribution >= 4 is 29.5 Å². The molecule has 3 fully saturated rings. The van der Waals surface area contributed by atoms with E-state index in [0.717, 1.165) is 6.42 Å². The first kappa shape index (κ1) is 18.5. The third kappa shape index (κ3) is 3.23. The van der Waals surface area contributed by atoms with Crippen molar-refractivity contribution in [2.45, 2.75) is 25.9 Å². The number of carbonyl (C=O) groups excluding carboxylic acids is 4. The highest BCUT2D eigenvalue weighted by Gasteiger charge is 2.64. The number of esters is 3. The van der Waals surface area contributed by atoms with Gasteiger partial charge in [0.25, 0.3) is 5.91 Å². The van der Waals surface area contributed by atoms with Gasteiger partial charge in [0, 0.05) is 11.6 Å². The van der Waals surface area contributed by atoms with Crippen molar-refractivity contribution in [2.75, 3.05) is 18.5 Å². The van der Waals surface area contributed by atoms with Crippen LogP contribution in [0.25, 0.3) is 0 Å². The van der Waals surface area contributed by atoms with Gasteiger partial charge in [-0.25, -0.2) is 4.79 Å². The smallest absolute Gasteiger partial charge is 0.338 e. The molecule has 0 aromatic heterocycles. The average Bonchev–Trinajstić information content (AvgIpc) is 3.29. The van der Waals surface area contributed by atoms with Gasteiger partial charge in [-0.2, -0.15) is 0 Å². The topological polar surface area (TPSA) is 108 Å². The highest BCUT2D eigenvalue weighted by Crippen LogP contribution is 2.57. The van der Waals surface area contributed by atoms with Crippen LogP contribution in [0.15, 0.2) is 24.3 Å². The zero-order valence-electron chi connectivity index (χ0n) is 15.4. The molecule has 8 nitrogen and oxygen atoms in total. The molecule has 2 saturated carbocycles. The van der Waals surface area contributed by atoms with Crippen LogP contribution < -0.4 is 5.32 Å². The lowest BCUT2D eigenvalue weighted by Gasteiger charge is -2.22. The Morgan fingerprint density at radius 3 is 2.61 bits per heavy atom. The number of amides is 1. The number of hydrogen-bond acceptors (Lipinski definition) is 7. The van der Waals surface area contributed by atoms with E-state index in [1.165, 1.54) is 12.1 Å². The van der Waals surface area contributed by atoms with E-state index < -0.39 is 36.3 Å². The standard InChI is InChI=1S/C20H21NO7/c1-2-26-18(23)10-3-5-12(6-4-10)21-15(22)9-27-19(24)16-11-7-13-14(8-11)28-20(25)17(13)16/h3-6,11,13-14,16-17H,2,7-9H2,1H3,(H,21,22)/t11-,13-,14-,16-,17+/m1/s1. The zero-order valence-corrected chi connectivity index (χ0v) is 15.4. The summed E-state index contributed by atoms with van der Waals surface area (Å²) >= 11 is 0. The van der Waals surface area contributed by atoms with E-state index in [4.69, 9.17) is 14.2 Å². The van der Waals surface area contributed by atoms with Crippen molar-refractivity contribution in [1.29, 1.82) is 0 Å². The van der Waals surface area contributed by atoms with E-state index in [1.54, 1.807) is 19.1 Å². The Kier molecular flexibility index (Phi) is 4.78. The molecule has 0 unspecified atom stereocenters. The summed E-state index contributed by atoms with van der Waals surface area (Å²) in [5.41, 5.74) is 0.848. The van der Waals surface area contributed by atoms with Gasteiger partial charge in [0.15, 0.2) is 6.61 Å². The van der Waals surface area contributed by atoms with Gasteiger partial charge in [-0.3, -0.25) is 14.4 Å². The first-order valence-electron chi connectivity index (χ1n) is 9.42. The first-order chi connectivity index (χ1) is 13.5. The second-order valence-corrected chi connectivity index (χ2v) is 7.38. The normalized spacial score (nSPS) is 29.3. The number of benzene rings is 1. The molecule has 0 spiro atoms. The molecule has 0 radical (unpaired) electrons. The summed E-state index contributed by atoms with van der Waals surface area (Å²) in [7, 11) is 0. The summed E-state index contributed by atoms with van der Waals surface area (Å²) in [5, 5.41) is 2.60. The van der Waals surface area contributed by atoms with Crippen LogP contribution in [0.4, 0.5) is 5.69 Å². The molecule has 4 rings (SSSR count). The minimum Gasteiger partial charge on any atom is -0.462 e. The molecule has 2 aliphatic carbocycles. The van der Waals surface area contributed by atoms with Gasteiger partial charge in [-0.05, 0) is 49.9 Å². The summed E-state index contributed by atoms with van der Waals surface area (Å²) < 4.78 is 15.4. The summed E-state index contributed by atoms with van der Waals surface area (Å²) in [6, 6.07) is 6.21. The Labute approximate surface area is 161 Å². The van der Waals surface area contributed by atoms with E-state index >= 15 is 0 Å². The number of rotatable bonds is 6. The Morgan fingerprint density at radius 2 is 1.89 bits per heavy atom. The van der Waals surface area contributed by atoms with Crippen LogP contribution in [-0.2, 0) is 28.6 Å². The van der Waals surface area contributed by atoms with E-state index in [-0.39, 0.29) is 30.5 Å². The lowest BCUT2D eigenvalue weighted by molar-refractivity contribution is -0.157. The summed E-state index contributed by atoms with van der Waals surface area (Å²) in [4.78, 5) is 48.1. The van der Waals surface area contributed by atoms with Crippen LogP contribution in [0.5, 0.6) is 0 Å². The van der Waals surface area contributed by atoms with E-state index in [1.807, 2.05) is 0 Å². The summed E-state index contributed by atoms with van der Waals surface area (Å²) in [6.07, 6.45) is 1.46. The summed E-state index contributed by atoms with van der Waals surface area (Å²) in [6.45, 7) is 1.57. The van der Waals surface area contributed by atoms with Crippen molar-refractivity contribution in [2.24, 2.45) is 23.7 Å². The maximum Gasteiger partial charge on any atom is 0.338 e. The molecular weight excluding hydrogens is 366 g/mol. The van der Waals surface area contributed by atoms with Gasteiger partial charge in [0.2, 0.25) is 0 Å². The van der Waals surface area contributed by atoms with E-state index in [0.29, 0.717) is 17.7 Å². The van der Waals surface area contributed by atoms with E-state index in [9.17, 15) is 19.2 Å². The van der Waals surface area contributed by atoms with Crippen molar-refractivity contribution in [3.63, 3.8) is 0 Å². The molecule has 28 heavy (non-hydrogen) atoms. The third-order valence-electron chi connectivity index (χ3n) is 5.78. The fraction of sp³-hybridized carbons (Fsp3) is 0.500. The maximum absolute atomic E-state index is 12.4. The van der Waals surface area contributed by atoms with Crippen molar-refractivity contribution in [3.8, 4) is 0 Å². The second kappa shape index (κ2) is 7.26. The Hall–Kier alpha value is -2.90. The van der Waals surface area contributed by atoms with Crippen LogP contribution in [0, 0.1) is 23.7 Å². The van der Waals surface area contributed by atoms with Gasteiger partial charge in [-0.15, -0.1) is 0 Å². The van der Waals surface area contributed by atoms with Gasteiger partial charge in [0.1, 0.15) is 6.10 Å². The van der Waals surface area contributed by atoms with Crippen molar-refractivity contribution in [3.05, 3.63) is 29.8 Å². The van der Waals surface area contributed by atoms with Crippen LogP contribution in [0.2, 0.25) is 0 Å². The molecule has 1 saturated heterocycles. The molecule has 2 bridgehead atoms. The van der Waals surface area contributed by atoms with Gasteiger partial charge in [0.05, 0.1) is 24.0 Å². The highest BCUT2D eigenvalue weighted by molar-refractivity contribution is 5.95. The van der Waals surface area contributed by atoms with Crippen molar-refractivity contribution < 1.29 is 33.4 Å². The van der Waals surface area contributed by atoms with Crippen LogP contribution >= 0.6 is 0 Å². The number of nitrogens with one attached hydrogen (secondary N) is 1. The predicted molar refractivity (Wildman–Crippen MR) is 95.1 cm³/mol. The number of anilines is 1. The lowest BCUT2D eigenvalue weighted by Crippen LogP contribution is -2.34. The van der Waals surface area contributed by atoms with Gasteiger partial charge < -0.3 is 19.5 Å². The molecule has 1 amide bonds. The molecule has 1 heterocycles. The molecule has 3 aliphatic rings. The lowest BCUT2D eigenvalue weighted by atomic mass is 9.80. The average molecular weight is 387 g/mol. The third-order valence-corrected chi connectivity index (χ3v) is 5.78. The Morgan fingerprint density at radius 1 is 1.14 bits per heavy atom. The quantitative estimate of drug-likeness (QED) is 0.583. The molecule has 8 heteroatoms. The zero-order chi connectivity index (χ0) is 19.8. The van der Waals surface area contributed by atoms with Crippen LogP contribution in [-0.4, -0.2) is 43.1 Å². The predicted octanol–water partition coefficient (Wildman–Crippen LogP) is 1.54. The second-order valence-electron chi connectivity index (χ2n) is 7.38. The monoisotopic (exact) mass is 387 g/mol. The van der Waals surface area contributed by atoms with Gasteiger partial charge in [-0.1, -0.05) is 0 Å². The van der Waals surface area contributed by atoms with Gasteiger partial charge >= 0.3 is 17.9 Å². The number of hydrogen-bond donors (Lipinski definition) is 1. The molecular formula is C20H21NO7. The number of fused-ring (bicyclic) bond motifs is 1. The highest BCUT2D eigenvalue weighted by atomic mass is 16.6. The molecule has 1 aliphatic heterocycles. The fourth-order valence-corrected chi connectivity index (χ4v) is 4.66. The first-order valence-corrected chi connectivity index (χ1v) is 9.42. The molecule has 1 aromatic carbocycles. The Bertz CT molecular complexity index is 816.